The average Bonchev–Trinajstić information content (AvgIpc) is 2.18. The molecule has 0 amide bonds. The first-order valence-corrected chi connectivity index (χ1v) is 5.34. The summed E-state index contributed by atoms with van der Waals surface area (Å²) in [6.45, 7) is 6.42. The molecule has 0 aromatic carbocycles. The van der Waals surface area contributed by atoms with Crippen LogP contribution in [0.5, 0.6) is 0 Å². The first kappa shape index (κ1) is 11.0. The molecular weight excluding hydrogens is 170 g/mol. The second kappa shape index (κ2) is 5.58. The number of aryl methyl sites for hydroxylation is 1. The third-order valence-corrected chi connectivity index (χ3v) is 2.43. The number of hydrogen-bond acceptors (Lipinski definition) is 1. The van der Waals surface area contributed by atoms with Crippen LogP contribution in [0, 0.1) is 6.92 Å². The fourth-order valence-electron chi connectivity index (χ4n) is 1.75. The molecule has 0 bridgehead atoms. The molecule has 1 heteroatoms. The third kappa shape index (κ3) is 2.69. The quantitative estimate of drug-likeness (QED) is 0.655. The summed E-state index contributed by atoms with van der Waals surface area (Å²) in [5.74, 6) is 0.492. The predicted molar refractivity (Wildman–Crippen MR) is 61.4 cm³/mol. The van der Waals surface area contributed by atoms with Gasteiger partial charge in [0.2, 0.25) is 0 Å². The van der Waals surface area contributed by atoms with Gasteiger partial charge in [-0.2, -0.15) is 0 Å². The lowest BCUT2D eigenvalue weighted by Gasteiger charge is -2.13. The van der Waals surface area contributed by atoms with Crippen molar-refractivity contribution in [3.05, 3.63) is 41.7 Å². The minimum absolute atomic E-state index is 0.492. The summed E-state index contributed by atoms with van der Waals surface area (Å²) >= 11 is 0. The lowest BCUT2D eigenvalue weighted by atomic mass is 9.95. The molecule has 0 aliphatic rings. The van der Waals surface area contributed by atoms with E-state index in [4.69, 9.17) is 0 Å². The number of hydrogen-bond donors (Lipinski definition) is 0. The summed E-state index contributed by atoms with van der Waals surface area (Å²) < 4.78 is 0. The van der Waals surface area contributed by atoms with Crippen LogP contribution >= 0.6 is 0 Å². The Morgan fingerprint density at radius 3 is 2.86 bits per heavy atom. The highest BCUT2D eigenvalue weighted by molar-refractivity contribution is 5.24. The van der Waals surface area contributed by atoms with Gasteiger partial charge >= 0.3 is 0 Å². The second-order valence-electron chi connectivity index (χ2n) is 3.63. The van der Waals surface area contributed by atoms with Crippen LogP contribution in [0.3, 0.4) is 0 Å². The van der Waals surface area contributed by atoms with Crippen molar-refractivity contribution >= 4 is 0 Å². The van der Waals surface area contributed by atoms with Gasteiger partial charge in [-0.25, -0.2) is 0 Å². The lowest BCUT2D eigenvalue weighted by Crippen LogP contribution is -2.00. The molecule has 0 aliphatic heterocycles. The van der Waals surface area contributed by atoms with Crippen molar-refractivity contribution in [2.75, 3.05) is 0 Å². The van der Waals surface area contributed by atoms with Crippen molar-refractivity contribution in [3.63, 3.8) is 0 Å². The van der Waals surface area contributed by atoms with Crippen LogP contribution in [-0.2, 0) is 0 Å². The van der Waals surface area contributed by atoms with E-state index < -0.39 is 0 Å². The molecule has 0 saturated carbocycles. The molecule has 0 saturated heterocycles. The van der Waals surface area contributed by atoms with E-state index in [0.717, 1.165) is 0 Å². The fraction of sp³-hybridized carbons (Fsp3) is 0.462. The van der Waals surface area contributed by atoms with Crippen LogP contribution in [0.4, 0.5) is 0 Å². The van der Waals surface area contributed by atoms with Crippen LogP contribution in [-0.4, -0.2) is 4.98 Å². The zero-order chi connectivity index (χ0) is 10.4. The minimum Gasteiger partial charge on any atom is -0.260 e. The van der Waals surface area contributed by atoms with Crippen molar-refractivity contribution in [2.24, 2.45) is 0 Å². The van der Waals surface area contributed by atoms with E-state index in [9.17, 15) is 0 Å². The highest BCUT2D eigenvalue weighted by atomic mass is 14.7. The van der Waals surface area contributed by atoms with E-state index in [0.29, 0.717) is 5.92 Å². The van der Waals surface area contributed by atoms with E-state index in [2.05, 4.69) is 44.0 Å². The average molecular weight is 189 g/mol. The smallest absolute Gasteiger partial charge is 0.0501 e. The maximum Gasteiger partial charge on any atom is 0.0501 e. The van der Waals surface area contributed by atoms with Crippen molar-refractivity contribution in [1.82, 2.24) is 4.98 Å². The molecule has 1 aromatic heterocycles. The van der Waals surface area contributed by atoms with Gasteiger partial charge in [0.05, 0.1) is 5.69 Å². The molecule has 0 aliphatic carbocycles. The Hall–Kier alpha value is -1.11. The first-order valence-electron chi connectivity index (χ1n) is 5.34. The molecule has 76 valence electrons. The lowest BCUT2D eigenvalue weighted by molar-refractivity contribution is 0.693. The standard InChI is InChI=1S/C13H19N/c1-4-7-12(8-5-2)13-11(3)9-6-10-14-13/h4,6-7,9-10,12H,5,8H2,1-3H3/b7-4-. The molecular formula is C13H19N. The number of pyridine rings is 1. The summed E-state index contributed by atoms with van der Waals surface area (Å²) in [7, 11) is 0. The SMILES string of the molecule is C/C=C\C(CCC)c1ncccc1C. The fourth-order valence-corrected chi connectivity index (χ4v) is 1.75. The van der Waals surface area contributed by atoms with E-state index in [-0.39, 0.29) is 0 Å². The largest absolute Gasteiger partial charge is 0.260 e. The minimum atomic E-state index is 0.492. The van der Waals surface area contributed by atoms with Gasteiger partial charge in [0.25, 0.3) is 0 Å². The van der Waals surface area contributed by atoms with Gasteiger partial charge in [0.15, 0.2) is 0 Å². The summed E-state index contributed by atoms with van der Waals surface area (Å²) in [6, 6.07) is 4.13. The highest BCUT2D eigenvalue weighted by Gasteiger charge is 2.09. The van der Waals surface area contributed by atoms with Crippen molar-refractivity contribution in [1.29, 1.82) is 0 Å². The first-order chi connectivity index (χ1) is 6.79. The Morgan fingerprint density at radius 2 is 2.29 bits per heavy atom. The maximum atomic E-state index is 4.46. The van der Waals surface area contributed by atoms with E-state index in [1.807, 2.05) is 12.3 Å². The van der Waals surface area contributed by atoms with Gasteiger partial charge in [0, 0.05) is 12.1 Å². The number of nitrogens with zero attached hydrogens (tertiary/aromatic N) is 1. The normalized spacial score (nSPS) is 13.4. The molecule has 1 aromatic rings. The number of allylic oxidation sites excluding steroid dienone is 2. The molecule has 0 spiro atoms. The molecule has 14 heavy (non-hydrogen) atoms. The molecule has 1 atom stereocenters. The Labute approximate surface area is 86.9 Å². The topological polar surface area (TPSA) is 12.9 Å². The van der Waals surface area contributed by atoms with E-state index >= 15 is 0 Å². The van der Waals surface area contributed by atoms with Gasteiger partial charge < -0.3 is 0 Å². The molecule has 1 unspecified atom stereocenters. The maximum absolute atomic E-state index is 4.46. The van der Waals surface area contributed by atoms with Crippen molar-refractivity contribution < 1.29 is 0 Å². The van der Waals surface area contributed by atoms with E-state index in [1.165, 1.54) is 24.1 Å². The number of aromatic nitrogens is 1. The highest BCUT2D eigenvalue weighted by Crippen LogP contribution is 2.23. The zero-order valence-electron chi connectivity index (χ0n) is 9.33. The van der Waals surface area contributed by atoms with Gasteiger partial charge in [-0.15, -0.1) is 0 Å². The van der Waals surface area contributed by atoms with Gasteiger partial charge in [-0.3, -0.25) is 4.98 Å². The summed E-state index contributed by atoms with van der Waals surface area (Å²) in [6.07, 6.45) is 8.63. The summed E-state index contributed by atoms with van der Waals surface area (Å²) in [5.41, 5.74) is 2.52. The van der Waals surface area contributed by atoms with Gasteiger partial charge in [-0.05, 0) is 31.9 Å². The Kier molecular flexibility index (Phi) is 4.37. The van der Waals surface area contributed by atoms with E-state index in [1.54, 1.807) is 0 Å². The Balaban J connectivity index is 2.92. The van der Waals surface area contributed by atoms with Crippen molar-refractivity contribution in [2.45, 2.75) is 39.5 Å². The second-order valence-corrected chi connectivity index (χ2v) is 3.63. The third-order valence-electron chi connectivity index (χ3n) is 2.43. The number of rotatable bonds is 4. The molecule has 1 rings (SSSR count). The molecule has 0 N–H and O–H groups in total. The van der Waals surface area contributed by atoms with Crippen LogP contribution in [0.25, 0.3) is 0 Å². The predicted octanol–water partition coefficient (Wildman–Crippen LogP) is 3.85. The van der Waals surface area contributed by atoms with Gasteiger partial charge in [0.1, 0.15) is 0 Å². The van der Waals surface area contributed by atoms with Crippen LogP contribution in [0.1, 0.15) is 43.9 Å². The molecule has 1 heterocycles. The monoisotopic (exact) mass is 189 g/mol. The van der Waals surface area contributed by atoms with Crippen molar-refractivity contribution in [3.8, 4) is 0 Å². The van der Waals surface area contributed by atoms with Crippen LogP contribution in [0.2, 0.25) is 0 Å². The summed E-state index contributed by atoms with van der Waals surface area (Å²) in [5, 5.41) is 0. The molecule has 0 radical (unpaired) electrons. The molecule has 0 fully saturated rings. The Morgan fingerprint density at radius 1 is 1.50 bits per heavy atom. The van der Waals surface area contributed by atoms with Crippen LogP contribution in [0.15, 0.2) is 30.5 Å². The van der Waals surface area contributed by atoms with Crippen LogP contribution < -0.4 is 0 Å². The van der Waals surface area contributed by atoms with Gasteiger partial charge in [-0.1, -0.05) is 31.6 Å². The zero-order valence-corrected chi connectivity index (χ0v) is 9.33. The Bertz CT molecular complexity index is 302. The molecule has 1 nitrogen and oxygen atoms in total. The summed E-state index contributed by atoms with van der Waals surface area (Å²) in [4.78, 5) is 4.46.